The predicted molar refractivity (Wildman–Crippen MR) is 113 cm³/mol. The molecule has 1 saturated heterocycles. The molecule has 156 valence electrons. The molecule has 1 aromatic carbocycles. The van der Waals surface area contributed by atoms with E-state index in [1.54, 1.807) is 23.0 Å². The lowest BCUT2D eigenvalue weighted by Gasteiger charge is -2.35. The highest BCUT2D eigenvalue weighted by molar-refractivity contribution is 5.93. The van der Waals surface area contributed by atoms with Crippen molar-refractivity contribution >= 4 is 11.9 Å². The maximum Gasteiger partial charge on any atom is 0.338 e. The summed E-state index contributed by atoms with van der Waals surface area (Å²) in [6, 6.07) is 12.8. The lowest BCUT2D eigenvalue weighted by Crippen LogP contribution is -2.44. The van der Waals surface area contributed by atoms with Crippen LogP contribution in [-0.4, -0.2) is 50.3 Å². The number of carbonyl (C=O) groups excluding carboxylic acids is 2. The molecule has 3 heterocycles. The number of piperidine rings is 1. The highest BCUT2D eigenvalue weighted by atomic mass is 16.5. The van der Waals surface area contributed by atoms with E-state index < -0.39 is 0 Å². The first kappa shape index (κ1) is 19.9. The largest absolute Gasteiger partial charge is 0.462 e. The van der Waals surface area contributed by atoms with Gasteiger partial charge in [0.25, 0.3) is 5.91 Å². The fourth-order valence-corrected chi connectivity index (χ4v) is 3.94. The molecule has 30 heavy (non-hydrogen) atoms. The zero-order valence-corrected chi connectivity index (χ0v) is 17.1. The summed E-state index contributed by atoms with van der Waals surface area (Å²) in [5, 5.41) is 4.17. The van der Waals surface area contributed by atoms with Crippen LogP contribution in [0.15, 0.2) is 61.1 Å². The van der Waals surface area contributed by atoms with E-state index in [9.17, 15) is 9.59 Å². The van der Waals surface area contributed by atoms with Crippen LogP contribution in [0.25, 0.3) is 5.69 Å². The smallest absolute Gasteiger partial charge is 0.338 e. The van der Waals surface area contributed by atoms with Crippen molar-refractivity contribution in [2.45, 2.75) is 31.7 Å². The molecule has 1 aliphatic heterocycles. The standard InChI is InChI=1S/C23H26N4O3/c1-25-14-4-7-21(25)22(28)26-15-3-2-6-19(26)12-17-30-23(29)18-8-10-20(11-9-18)27-16-5-13-24-27/h4-5,7-11,13-14,16,19H,2-3,6,12,15,17H2,1H3. The molecule has 0 bridgehead atoms. The van der Waals surface area contributed by atoms with Gasteiger partial charge in [0, 0.05) is 44.6 Å². The van der Waals surface area contributed by atoms with Crippen LogP contribution in [0.1, 0.15) is 46.5 Å². The Labute approximate surface area is 175 Å². The Morgan fingerprint density at radius 1 is 1.10 bits per heavy atom. The lowest BCUT2D eigenvalue weighted by molar-refractivity contribution is 0.0406. The van der Waals surface area contributed by atoms with Crippen LogP contribution >= 0.6 is 0 Å². The molecule has 3 aromatic rings. The number of benzene rings is 1. The topological polar surface area (TPSA) is 69.4 Å². The monoisotopic (exact) mass is 406 g/mol. The van der Waals surface area contributed by atoms with E-state index >= 15 is 0 Å². The molecular weight excluding hydrogens is 380 g/mol. The van der Waals surface area contributed by atoms with Gasteiger partial charge in [-0.25, -0.2) is 9.48 Å². The average Bonchev–Trinajstić information content (AvgIpc) is 3.46. The summed E-state index contributed by atoms with van der Waals surface area (Å²) in [4.78, 5) is 27.3. The number of aromatic nitrogens is 3. The fourth-order valence-electron chi connectivity index (χ4n) is 3.94. The summed E-state index contributed by atoms with van der Waals surface area (Å²) >= 11 is 0. The quantitative estimate of drug-likeness (QED) is 0.588. The molecule has 1 amide bonds. The molecule has 0 aliphatic carbocycles. The van der Waals surface area contributed by atoms with Crippen LogP contribution in [0.5, 0.6) is 0 Å². The first-order chi connectivity index (χ1) is 14.6. The SMILES string of the molecule is Cn1cccc1C(=O)N1CCCCC1CCOC(=O)c1ccc(-n2cccn2)cc1. The minimum Gasteiger partial charge on any atom is -0.462 e. The molecule has 4 rings (SSSR count). The summed E-state index contributed by atoms with van der Waals surface area (Å²) in [5.74, 6) is -0.300. The van der Waals surface area contributed by atoms with E-state index in [-0.39, 0.29) is 17.9 Å². The van der Waals surface area contributed by atoms with E-state index in [0.29, 0.717) is 24.3 Å². The van der Waals surface area contributed by atoms with Crippen molar-refractivity contribution in [3.05, 3.63) is 72.3 Å². The van der Waals surface area contributed by atoms with Crippen LogP contribution < -0.4 is 0 Å². The number of hydrogen-bond acceptors (Lipinski definition) is 4. The molecule has 7 heteroatoms. The average molecular weight is 406 g/mol. The normalized spacial score (nSPS) is 16.4. The Bertz CT molecular complexity index is 992. The van der Waals surface area contributed by atoms with E-state index in [1.165, 1.54) is 0 Å². The molecule has 1 aliphatic rings. The van der Waals surface area contributed by atoms with Gasteiger partial charge in [-0.2, -0.15) is 5.10 Å². The second-order valence-corrected chi connectivity index (χ2v) is 7.57. The maximum absolute atomic E-state index is 12.9. The molecule has 0 N–H and O–H groups in total. The van der Waals surface area contributed by atoms with Crippen molar-refractivity contribution in [3.63, 3.8) is 0 Å². The number of esters is 1. The van der Waals surface area contributed by atoms with Crippen LogP contribution in [0.4, 0.5) is 0 Å². The van der Waals surface area contributed by atoms with Crippen LogP contribution in [0.3, 0.4) is 0 Å². The molecule has 0 spiro atoms. The van der Waals surface area contributed by atoms with E-state index in [0.717, 1.165) is 31.5 Å². The zero-order chi connectivity index (χ0) is 20.9. The number of carbonyl (C=O) groups is 2. The number of ether oxygens (including phenoxy) is 1. The van der Waals surface area contributed by atoms with Crippen molar-refractivity contribution in [3.8, 4) is 5.69 Å². The summed E-state index contributed by atoms with van der Waals surface area (Å²) in [6.45, 7) is 1.04. The first-order valence-electron chi connectivity index (χ1n) is 10.3. The number of amides is 1. The van der Waals surface area contributed by atoms with Crippen LogP contribution in [0, 0.1) is 0 Å². The molecular formula is C23H26N4O3. The third-order valence-corrected chi connectivity index (χ3v) is 5.61. The van der Waals surface area contributed by atoms with Gasteiger partial charge in [-0.1, -0.05) is 0 Å². The van der Waals surface area contributed by atoms with Crippen molar-refractivity contribution in [2.75, 3.05) is 13.2 Å². The Balaban J connectivity index is 1.32. The highest BCUT2D eigenvalue weighted by Gasteiger charge is 2.28. The van der Waals surface area contributed by atoms with Gasteiger partial charge in [0.15, 0.2) is 0 Å². The minimum absolute atomic E-state index is 0.0488. The third-order valence-electron chi connectivity index (χ3n) is 5.61. The number of rotatable bonds is 6. The third kappa shape index (κ3) is 4.30. The van der Waals surface area contributed by atoms with Crippen LogP contribution in [-0.2, 0) is 11.8 Å². The van der Waals surface area contributed by atoms with Crippen molar-refractivity contribution < 1.29 is 14.3 Å². The molecule has 1 unspecified atom stereocenters. The van der Waals surface area contributed by atoms with Crippen molar-refractivity contribution in [2.24, 2.45) is 7.05 Å². The van der Waals surface area contributed by atoms with Gasteiger partial charge in [-0.15, -0.1) is 0 Å². The number of likely N-dealkylation sites (tertiary alicyclic amines) is 1. The highest BCUT2D eigenvalue weighted by Crippen LogP contribution is 2.22. The molecule has 0 saturated carbocycles. The second kappa shape index (κ2) is 8.98. The Morgan fingerprint density at radius 2 is 1.93 bits per heavy atom. The fraction of sp³-hybridized carbons (Fsp3) is 0.348. The van der Waals surface area contributed by atoms with E-state index in [4.69, 9.17) is 4.74 Å². The van der Waals surface area contributed by atoms with Gasteiger partial charge >= 0.3 is 5.97 Å². The van der Waals surface area contributed by atoms with E-state index in [1.807, 2.05) is 59.2 Å². The van der Waals surface area contributed by atoms with Gasteiger partial charge in [0.2, 0.25) is 0 Å². The van der Waals surface area contributed by atoms with Gasteiger partial charge in [0.1, 0.15) is 5.69 Å². The minimum atomic E-state index is -0.349. The summed E-state index contributed by atoms with van der Waals surface area (Å²) in [6.07, 6.45) is 9.11. The van der Waals surface area contributed by atoms with Crippen molar-refractivity contribution in [1.82, 2.24) is 19.2 Å². The maximum atomic E-state index is 12.9. The molecule has 0 radical (unpaired) electrons. The first-order valence-corrected chi connectivity index (χ1v) is 10.3. The van der Waals surface area contributed by atoms with Gasteiger partial charge < -0.3 is 14.2 Å². The number of nitrogens with zero attached hydrogens (tertiary/aromatic N) is 4. The van der Waals surface area contributed by atoms with Gasteiger partial charge in [0.05, 0.1) is 17.9 Å². The molecule has 1 fully saturated rings. The van der Waals surface area contributed by atoms with E-state index in [2.05, 4.69) is 5.10 Å². The van der Waals surface area contributed by atoms with Crippen LogP contribution in [0.2, 0.25) is 0 Å². The number of hydrogen-bond donors (Lipinski definition) is 0. The molecule has 1 atom stereocenters. The Kier molecular flexibility index (Phi) is 5.97. The Hall–Kier alpha value is -3.35. The molecule has 2 aromatic heterocycles. The van der Waals surface area contributed by atoms with Crippen molar-refractivity contribution in [1.29, 1.82) is 0 Å². The molecule has 7 nitrogen and oxygen atoms in total. The lowest BCUT2D eigenvalue weighted by atomic mass is 9.99. The predicted octanol–water partition coefficient (Wildman–Crippen LogP) is 3.45. The summed E-state index contributed by atoms with van der Waals surface area (Å²) in [7, 11) is 1.88. The Morgan fingerprint density at radius 3 is 2.63 bits per heavy atom. The van der Waals surface area contributed by atoms with Gasteiger partial charge in [-0.05, 0) is 61.7 Å². The zero-order valence-electron chi connectivity index (χ0n) is 17.1. The summed E-state index contributed by atoms with van der Waals surface area (Å²) in [5.41, 5.74) is 2.08. The second-order valence-electron chi connectivity index (χ2n) is 7.57. The summed E-state index contributed by atoms with van der Waals surface area (Å²) < 4.78 is 9.08. The van der Waals surface area contributed by atoms with Gasteiger partial charge in [-0.3, -0.25) is 4.79 Å². The number of aryl methyl sites for hydroxylation is 1.